The average molecular weight is 261 g/mol. The largest absolute Gasteiger partial charge is 1.00 e. The number of rotatable bonds is 1. The number of phenolic OH excluding ortho intramolecular Hbond substituents is 2. The summed E-state index contributed by atoms with van der Waals surface area (Å²) in [6.45, 7) is 4.46. The SMILES string of the molecule is CC1CCC(C)[S+]1c1cc(O)ccc1O.[Cl-]. The normalized spacial score (nSPS) is 28.8. The lowest BCUT2D eigenvalue weighted by Crippen LogP contribution is -3.00. The van der Waals surface area contributed by atoms with Crippen LogP contribution in [0.4, 0.5) is 0 Å². The molecule has 1 aromatic rings. The van der Waals surface area contributed by atoms with Gasteiger partial charge in [0.2, 0.25) is 4.90 Å². The van der Waals surface area contributed by atoms with Crippen LogP contribution in [0.25, 0.3) is 0 Å². The van der Waals surface area contributed by atoms with E-state index >= 15 is 0 Å². The van der Waals surface area contributed by atoms with E-state index in [4.69, 9.17) is 0 Å². The molecule has 1 heterocycles. The van der Waals surface area contributed by atoms with Crippen LogP contribution in [0.1, 0.15) is 26.7 Å². The first kappa shape index (κ1) is 13.5. The minimum absolute atomic E-state index is 0. The van der Waals surface area contributed by atoms with E-state index in [9.17, 15) is 10.2 Å². The summed E-state index contributed by atoms with van der Waals surface area (Å²) in [6, 6.07) is 4.85. The molecule has 1 aliphatic rings. The van der Waals surface area contributed by atoms with Gasteiger partial charge >= 0.3 is 0 Å². The number of phenols is 2. The highest BCUT2D eigenvalue weighted by atomic mass is 35.5. The fraction of sp³-hybridized carbons (Fsp3) is 0.500. The van der Waals surface area contributed by atoms with Gasteiger partial charge in [0.05, 0.1) is 0 Å². The zero-order chi connectivity index (χ0) is 11.0. The third-order valence-corrected chi connectivity index (χ3v) is 6.08. The van der Waals surface area contributed by atoms with Gasteiger partial charge in [-0.25, -0.2) is 0 Å². The Kier molecular flexibility index (Phi) is 4.39. The van der Waals surface area contributed by atoms with E-state index in [0.717, 1.165) is 4.90 Å². The minimum atomic E-state index is 0. The van der Waals surface area contributed by atoms with Crippen LogP contribution in [0.5, 0.6) is 11.5 Å². The summed E-state index contributed by atoms with van der Waals surface area (Å²) >= 11 is 0. The van der Waals surface area contributed by atoms with Gasteiger partial charge in [-0.3, -0.25) is 0 Å². The molecule has 2 unspecified atom stereocenters. The minimum Gasteiger partial charge on any atom is -1.00 e. The number of halogens is 1. The second-order valence-electron chi connectivity index (χ2n) is 4.22. The van der Waals surface area contributed by atoms with E-state index in [1.54, 1.807) is 12.1 Å². The molecule has 2 N–H and O–H groups in total. The number of hydrogen-bond acceptors (Lipinski definition) is 2. The maximum absolute atomic E-state index is 9.83. The fourth-order valence-electron chi connectivity index (χ4n) is 2.25. The van der Waals surface area contributed by atoms with Gasteiger partial charge in [-0.1, -0.05) is 0 Å². The van der Waals surface area contributed by atoms with E-state index in [1.165, 1.54) is 18.9 Å². The van der Waals surface area contributed by atoms with Crippen molar-refractivity contribution >= 4 is 10.9 Å². The van der Waals surface area contributed by atoms with Crippen LogP contribution in [0.3, 0.4) is 0 Å². The first-order valence-electron chi connectivity index (χ1n) is 5.33. The highest BCUT2D eigenvalue weighted by Gasteiger charge is 2.43. The van der Waals surface area contributed by atoms with Gasteiger partial charge in [0.1, 0.15) is 16.2 Å². The van der Waals surface area contributed by atoms with Crippen molar-refractivity contribution in [2.75, 3.05) is 0 Å². The van der Waals surface area contributed by atoms with E-state index in [1.807, 2.05) is 0 Å². The maximum Gasteiger partial charge on any atom is 0.200 e. The van der Waals surface area contributed by atoms with Crippen LogP contribution >= 0.6 is 0 Å². The Morgan fingerprint density at radius 3 is 2.25 bits per heavy atom. The first-order chi connectivity index (χ1) is 7.09. The number of aromatic hydroxyl groups is 2. The summed E-state index contributed by atoms with van der Waals surface area (Å²) < 4.78 is 0. The van der Waals surface area contributed by atoms with E-state index in [-0.39, 0.29) is 29.1 Å². The Balaban J connectivity index is 0.00000128. The second-order valence-corrected chi connectivity index (χ2v) is 7.02. The quantitative estimate of drug-likeness (QED) is 0.535. The second kappa shape index (κ2) is 5.19. The molecule has 2 atom stereocenters. The van der Waals surface area contributed by atoms with Gasteiger partial charge in [-0.2, -0.15) is 0 Å². The molecule has 0 bridgehead atoms. The standard InChI is InChI=1S/C12H16O2S.ClH/c1-8-3-4-9(2)15(8)12-7-10(13)5-6-11(12)14;/h5-9H,3-4H2,1-2H3,(H-,13,14);1H. The molecule has 2 nitrogen and oxygen atoms in total. The van der Waals surface area contributed by atoms with Gasteiger partial charge < -0.3 is 22.6 Å². The Bertz CT molecular complexity index is 360. The van der Waals surface area contributed by atoms with Crippen molar-refractivity contribution in [3.05, 3.63) is 18.2 Å². The molecular weight excluding hydrogens is 244 g/mol. The maximum atomic E-state index is 9.83. The lowest BCUT2D eigenvalue weighted by atomic mass is 10.2. The predicted molar refractivity (Wildman–Crippen MR) is 63.6 cm³/mol. The number of hydrogen-bond donors (Lipinski definition) is 2. The summed E-state index contributed by atoms with van der Waals surface area (Å²) in [5, 5.41) is 20.5. The van der Waals surface area contributed by atoms with Crippen molar-refractivity contribution < 1.29 is 22.6 Å². The fourth-order valence-corrected chi connectivity index (χ4v) is 5.25. The molecular formula is C12H17ClO2S. The average Bonchev–Trinajstić information content (AvgIpc) is 2.51. The topological polar surface area (TPSA) is 40.5 Å². The molecule has 4 heteroatoms. The molecule has 2 rings (SSSR count). The molecule has 0 spiro atoms. The van der Waals surface area contributed by atoms with Gasteiger partial charge in [0.15, 0.2) is 5.75 Å². The van der Waals surface area contributed by atoms with Crippen molar-refractivity contribution in [1.82, 2.24) is 0 Å². The summed E-state index contributed by atoms with van der Waals surface area (Å²) in [5.74, 6) is 0.582. The number of benzene rings is 1. The first-order valence-corrected chi connectivity index (χ1v) is 6.68. The Morgan fingerprint density at radius 2 is 1.69 bits per heavy atom. The Labute approximate surface area is 105 Å². The summed E-state index contributed by atoms with van der Waals surface area (Å²) in [4.78, 5) is 0.938. The van der Waals surface area contributed by atoms with Crippen LogP contribution in [0, 0.1) is 0 Å². The zero-order valence-electron chi connectivity index (χ0n) is 9.48. The van der Waals surface area contributed by atoms with Crippen LogP contribution < -0.4 is 12.4 Å². The highest BCUT2D eigenvalue weighted by Crippen LogP contribution is 2.40. The molecule has 0 saturated carbocycles. The molecule has 16 heavy (non-hydrogen) atoms. The van der Waals surface area contributed by atoms with Gasteiger partial charge in [0, 0.05) is 17.0 Å². The van der Waals surface area contributed by atoms with Gasteiger partial charge in [-0.05, 0) is 38.8 Å². The lowest BCUT2D eigenvalue weighted by Gasteiger charge is -2.11. The summed E-state index contributed by atoms with van der Waals surface area (Å²) in [5.41, 5.74) is 0. The van der Waals surface area contributed by atoms with E-state index < -0.39 is 0 Å². The molecule has 0 aromatic heterocycles. The lowest BCUT2D eigenvalue weighted by molar-refractivity contribution is -0.00000524. The van der Waals surface area contributed by atoms with Crippen LogP contribution in [0.2, 0.25) is 0 Å². The van der Waals surface area contributed by atoms with E-state index in [2.05, 4.69) is 13.8 Å². The van der Waals surface area contributed by atoms with Crippen molar-refractivity contribution in [2.45, 2.75) is 42.1 Å². The molecule has 0 amide bonds. The Morgan fingerprint density at radius 1 is 1.12 bits per heavy atom. The van der Waals surface area contributed by atoms with Crippen molar-refractivity contribution in [1.29, 1.82) is 0 Å². The molecule has 1 fully saturated rings. The molecule has 1 aliphatic heterocycles. The predicted octanol–water partition coefficient (Wildman–Crippen LogP) is -0.350. The van der Waals surface area contributed by atoms with Gasteiger partial charge in [-0.15, -0.1) is 0 Å². The van der Waals surface area contributed by atoms with Crippen molar-refractivity contribution in [2.24, 2.45) is 0 Å². The molecule has 90 valence electrons. The van der Waals surface area contributed by atoms with Crippen LogP contribution in [0.15, 0.2) is 23.1 Å². The Hall–Kier alpha value is -0.540. The molecule has 1 saturated heterocycles. The zero-order valence-corrected chi connectivity index (χ0v) is 11.1. The molecule has 0 aliphatic carbocycles. The third kappa shape index (κ3) is 2.41. The van der Waals surface area contributed by atoms with Crippen LogP contribution in [-0.2, 0) is 10.9 Å². The van der Waals surface area contributed by atoms with Gasteiger partial charge in [0.25, 0.3) is 0 Å². The highest BCUT2D eigenvalue weighted by molar-refractivity contribution is 7.98. The van der Waals surface area contributed by atoms with Crippen molar-refractivity contribution in [3.63, 3.8) is 0 Å². The smallest absolute Gasteiger partial charge is 0.200 e. The summed E-state index contributed by atoms with van der Waals surface area (Å²) in [7, 11) is 0.0880. The van der Waals surface area contributed by atoms with Crippen LogP contribution in [-0.4, -0.2) is 20.7 Å². The van der Waals surface area contributed by atoms with Crippen molar-refractivity contribution in [3.8, 4) is 11.5 Å². The monoisotopic (exact) mass is 260 g/mol. The third-order valence-electron chi connectivity index (χ3n) is 3.04. The molecule has 1 aromatic carbocycles. The van der Waals surface area contributed by atoms with E-state index in [0.29, 0.717) is 16.2 Å². The summed E-state index contributed by atoms with van der Waals surface area (Å²) in [6.07, 6.45) is 2.44. The molecule has 0 radical (unpaired) electrons.